The highest BCUT2D eigenvalue weighted by Crippen LogP contribution is 2.26. The van der Waals surface area contributed by atoms with E-state index in [1.54, 1.807) is 0 Å². The summed E-state index contributed by atoms with van der Waals surface area (Å²) >= 11 is 0. The minimum atomic E-state index is -0.695. The molecule has 2 aromatic rings. The lowest BCUT2D eigenvalue weighted by molar-refractivity contribution is -0.401. The van der Waals surface area contributed by atoms with E-state index in [4.69, 9.17) is 4.42 Å². The van der Waals surface area contributed by atoms with E-state index in [-0.39, 0.29) is 11.0 Å². The standard InChI is InChI=1S/C8H4FNO3/c9-6-2-1-3-7-5(6)4-8(13-7)10(11)12/h1-4H. The zero-order valence-electron chi connectivity index (χ0n) is 6.36. The average molecular weight is 181 g/mol. The average Bonchev–Trinajstić information content (AvgIpc) is 2.49. The van der Waals surface area contributed by atoms with Gasteiger partial charge in [0, 0.05) is 0 Å². The van der Waals surface area contributed by atoms with Crippen LogP contribution in [0.3, 0.4) is 0 Å². The lowest BCUT2D eigenvalue weighted by atomic mass is 10.2. The fourth-order valence-corrected chi connectivity index (χ4v) is 1.10. The molecule has 0 atom stereocenters. The van der Waals surface area contributed by atoms with Crippen molar-refractivity contribution < 1.29 is 13.7 Å². The summed E-state index contributed by atoms with van der Waals surface area (Å²) in [7, 11) is 0. The van der Waals surface area contributed by atoms with Gasteiger partial charge in [0.1, 0.15) is 16.3 Å². The van der Waals surface area contributed by atoms with E-state index in [1.165, 1.54) is 18.2 Å². The first-order chi connectivity index (χ1) is 6.18. The van der Waals surface area contributed by atoms with Gasteiger partial charge in [-0.1, -0.05) is 6.07 Å². The molecule has 5 heteroatoms. The highest BCUT2D eigenvalue weighted by molar-refractivity contribution is 5.80. The molecule has 0 spiro atoms. The maximum atomic E-state index is 13.0. The molecule has 66 valence electrons. The number of hydrogen-bond donors (Lipinski definition) is 0. The van der Waals surface area contributed by atoms with Gasteiger partial charge >= 0.3 is 5.88 Å². The molecule has 0 amide bonds. The topological polar surface area (TPSA) is 56.3 Å². The van der Waals surface area contributed by atoms with E-state index >= 15 is 0 Å². The maximum Gasteiger partial charge on any atom is 0.434 e. The summed E-state index contributed by atoms with van der Waals surface area (Å²) in [4.78, 5) is 9.58. The van der Waals surface area contributed by atoms with Crippen molar-refractivity contribution >= 4 is 16.9 Å². The van der Waals surface area contributed by atoms with E-state index in [0.29, 0.717) is 0 Å². The molecule has 2 rings (SSSR count). The van der Waals surface area contributed by atoms with Gasteiger partial charge in [0.15, 0.2) is 0 Å². The van der Waals surface area contributed by atoms with E-state index < -0.39 is 16.6 Å². The second-order valence-electron chi connectivity index (χ2n) is 2.49. The Morgan fingerprint density at radius 1 is 1.46 bits per heavy atom. The minimum absolute atomic E-state index is 0.134. The van der Waals surface area contributed by atoms with Crippen molar-refractivity contribution in [3.63, 3.8) is 0 Å². The van der Waals surface area contributed by atoms with Crippen molar-refractivity contribution in [1.29, 1.82) is 0 Å². The zero-order valence-corrected chi connectivity index (χ0v) is 6.36. The molecule has 0 aliphatic rings. The smallest absolute Gasteiger partial charge is 0.401 e. The number of furan rings is 1. The normalized spacial score (nSPS) is 10.5. The van der Waals surface area contributed by atoms with E-state index in [9.17, 15) is 14.5 Å². The van der Waals surface area contributed by atoms with Crippen molar-refractivity contribution in [2.24, 2.45) is 0 Å². The molecule has 1 aromatic heterocycles. The molecule has 0 fully saturated rings. The first-order valence-corrected chi connectivity index (χ1v) is 3.51. The predicted molar refractivity (Wildman–Crippen MR) is 42.8 cm³/mol. The molecule has 0 bridgehead atoms. The molecule has 0 N–H and O–H groups in total. The Bertz CT molecular complexity index is 477. The largest absolute Gasteiger partial charge is 0.434 e. The first kappa shape index (κ1) is 7.72. The van der Waals surface area contributed by atoms with E-state index in [0.717, 1.165) is 6.07 Å². The van der Waals surface area contributed by atoms with Crippen LogP contribution in [0.1, 0.15) is 0 Å². The number of nitrogens with zero attached hydrogens (tertiary/aromatic N) is 1. The number of halogens is 1. The summed E-state index contributed by atoms with van der Waals surface area (Å²) in [5.41, 5.74) is 0.187. The molecule has 1 heterocycles. The third-order valence-corrected chi connectivity index (χ3v) is 1.68. The number of hydrogen-bond acceptors (Lipinski definition) is 3. The Hall–Kier alpha value is -1.91. The van der Waals surface area contributed by atoms with Crippen LogP contribution in [0.4, 0.5) is 10.3 Å². The summed E-state index contributed by atoms with van der Waals surface area (Å²) in [6, 6.07) is 5.21. The third-order valence-electron chi connectivity index (χ3n) is 1.68. The summed E-state index contributed by atoms with van der Waals surface area (Å²) in [6.45, 7) is 0. The molecular formula is C8H4FNO3. The minimum Gasteiger partial charge on any atom is -0.401 e. The molecule has 0 radical (unpaired) electrons. The van der Waals surface area contributed by atoms with Crippen LogP contribution in [0, 0.1) is 15.9 Å². The van der Waals surface area contributed by atoms with Crippen LogP contribution in [0.15, 0.2) is 28.7 Å². The van der Waals surface area contributed by atoms with Crippen molar-refractivity contribution in [2.45, 2.75) is 0 Å². The summed E-state index contributed by atoms with van der Waals surface area (Å²) in [6.07, 6.45) is 0. The van der Waals surface area contributed by atoms with Crippen LogP contribution in [0.5, 0.6) is 0 Å². The first-order valence-electron chi connectivity index (χ1n) is 3.51. The van der Waals surface area contributed by atoms with Gasteiger partial charge in [0.05, 0.1) is 11.5 Å². The Morgan fingerprint density at radius 3 is 2.85 bits per heavy atom. The van der Waals surface area contributed by atoms with Crippen LogP contribution in [0.2, 0.25) is 0 Å². The molecule has 0 aliphatic heterocycles. The van der Waals surface area contributed by atoms with Crippen molar-refractivity contribution in [3.8, 4) is 0 Å². The van der Waals surface area contributed by atoms with E-state index in [1.807, 2.05) is 0 Å². The van der Waals surface area contributed by atoms with Gasteiger partial charge in [-0.05, 0) is 12.1 Å². The zero-order chi connectivity index (χ0) is 9.42. The second-order valence-corrected chi connectivity index (χ2v) is 2.49. The Balaban J connectivity index is 2.75. The molecule has 4 nitrogen and oxygen atoms in total. The third kappa shape index (κ3) is 1.14. The highest BCUT2D eigenvalue weighted by Gasteiger charge is 2.15. The summed E-state index contributed by atoms with van der Waals surface area (Å²) < 4.78 is 17.8. The Labute approximate surface area is 71.7 Å². The molecule has 13 heavy (non-hydrogen) atoms. The maximum absolute atomic E-state index is 13.0. The fraction of sp³-hybridized carbons (Fsp3) is 0. The molecule has 0 aliphatic carbocycles. The molecule has 1 aromatic carbocycles. The second kappa shape index (κ2) is 2.55. The van der Waals surface area contributed by atoms with Gasteiger partial charge in [0.25, 0.3) is 0 Å². The monoisotopic (exact) mass is 181 g/mol. The Kier molecular flexibility index (Phi) is 1.51. The van der Waals surface area contributed by atoms with Gasteiger partial charge in [-0.2, -0.15) is 0 Å². The van der Waals surface area contributed by atoms with Crippen LogP contribution in [-0.4, -0.2) is 4.92 Å². The van der Waals surface area contributed by atoms with E-state index in [2.05, 4.69) is 0 Å². The number of benzene rings is 1. The SMILES string of the molecule is O=[N+]([O-])c1cc2c(F)cccc2o1. The summed E-state index contributed by atoms with van der Waals surface area (Å²) in [5.74, 6) is -0.963. The van der Waals surface area contributed by atoms with Crippen LogP contribution in [0.25, 0.3) is 11.0 Å². The molecule has 0 saturated heterocycles. The Morgan fingerprint density at radius 2 is 2.23 bits per heavy atom. The molecule has 0 unspecified atom stereocenters. The lowest BCUT2D eigenvalue weighted by Gasteiger charge is -1.86. The van der Waals surface area contributed by atoms with Crippen LogP contribution < -0.4 is 0 Å². The van der Waals surface area contributed by atoms with Gasteiger partial charge in [-0.3, -0.25) is 10.1 Å². The van der Waals surface area contributed by atoms with Gasteiger partial charge in [-0.25, -0.2) is 4.39 Å². The van der Waals surface area contributed by atoms with Crippen molar-refractivity contribution in [3.05, 3.63) is 40.2 Å². The van der Waals surface area contributed by atoms with Crippen molar-refractivity contribution in [1.82, 2.24) is 0 Å². The molecule has 0 saturated carbocycles. The van der Waals surface area contributed by atoms with Crippen molar-refractivity contribution in [2.75, 3.05) is 0 Å². The fourth-order valence-electron chi connectivity index (χ4n) is 1.10. The molecular weight excluding hydrogens is 177 g/mol. The van der Waals surface area contributed by atoms with Gasteiger partial charge in [-0.15, -0.1) is 0 Å². The quantitative estimate of drug-likeness (QED) is 0.501. The summed E-state index contributed by atoms with van der Waals surface area (Å²) in [5, 5.41) is 10.4. The predicted octanol–water partition coefficient (Wildman–Crippen LogP) is 2.48. The van der Waals surface area contributed by atoms with Gasteiger partial charge < -0.3 is 4.42 Å². The van der Waals surface area contributed by atoms with Crippen LogP contribution >= 0.6 is 0 Å². The number of rotatable bonds is 1. The van der Waals surface area contributed by atoms with Gasteiger partial charge in [0.2, 0.25) is 0 Å². The van der Waals surface area contributed by atoms with Crippen LogP contribution in [-0.2, 0) is 0 Å². The number of nitro groups is 1. The highest BCUT2D eigenvalue weighted by atomic mass is 19.1. The number of fused-ring (bicyclic) bond motifs is 1. The lowest BCUT2D eigenvalue weighted by Crippen LogP contribution is -1.82.